The molecule has 0 bridgehead atoms. The van der Waals surface area contributed by atoms with Gasteiger partial charge in [-0.1, -0.05) is 6.42 Å². The van der Waals surface area contributed by atoms with Gasteiger partial charge in [-0.2, -0.15) is 0 Å². The number of nitrogens with two attached hydrogens (primary N) is 1. The fourth-order valence-electron chi connectivity index (χ4n) is 2.88. The fourth-order valence-corrected chi connectivity index (χ4v) is 2.88. The molecule has 0 spiro atoms. The van der Waals surface area contributed by atoms with E-state index in [1.165, 1.54) is 19.3 Å². The zero-order valence-corrected chi connectivity index (χ0v) is 10.7. The Balaban J connectivity index is 1.81. The van der Waals surface area contributed by atoms with Crippen molar-refractivity contribution in [3.8, 4) is 0 Å². The number of hydrogen-bond donors (Lipinski definition) is 1. The number of carbonyl (C=O) groups is 1. The average Bonchev–Trinajstić information content (AvgIpc) is 2.57. The van der Waals surface area contributed by atoms with E-state index >= 15 is 0 Å². The minimum atomic E-state index is 0.108. The van der Waals surface area contributed by atoms with Crippen LogP contribution >= 0.6 is 0 Å². The van der Waals surface area contributed by atoms with E-state index in [0.717, 1.165) is 17.9 Å². The Morgan fingerprint density at radius 3 is 2.44 bits per heavy atom. The summed E-state index contributed by atoms with van der Waals surface area (Å²) in [5, 5.41) is 0. The van der Waals surface area contributed by atoms with E-state index in [9.17, 15) is 4.79 Å². The Morgan fingerprint density at radius 1 is 1.22 bits per heavy atom. The predicted octanol–water partition coefficient (Wildman–Crippen LogP) is 2.31. The van der Waals surface area contributed by atoms with Gasteiger partial charge in [0.25, 0.3) is 0 Å². The molecule has 2 aliphatic rings. The number of urea groups is 1. The lowest BCUT2D eigenvalue weighted by atomic mass is 9.79. The molecule has 2 N–H and O–H groups in total. The van der Waals surface area contributed by atoms with E-state index in [0.29, 0.717) is 12.0 Å². The third-order valence-corrected chi connectivity index (χ3v) is 4.30. The summed E-state index contributed by atoms with van der Waals surface area (Å²) in [5.41, 5.74) is 7.36. The lowest BCUT2D eigenvalue weighted by Gasteiger charge is -2.33. The number of rotatable bonds is 2. The second kappa shape index (κ2) is 4.19. The minimum absolute atomic E-state index is 0.108. The fraction of sp³-hybridized carbons (Fsp3) is 0.500. The zero-order chi connectivity index (χ0) is 12.7. The van der Waals surface area contributed by atoms with E-state index in [2.05, 4.69) is 0 Å². The SMILES string of the molecule is CN1C(=O)N(c2ccc(N)cc2)CC1C1CCC1. The molecule has 1 saturated carbocycles. The number of hydrogen-bond acceptors (Lipinski definition) is 2. The highest BCUT2D eigenvalue weighted by molar-refractivity contribution is 5.94. The van der Waals surface area contributed by atoms with E-state index < -0.39 is 0 Å². The van der Waals surface area contributed by atoms with Crippen LogP contribution in [0.3, 0.4) is 0 Å². The summed E-state index contributed by atoms with van der Waals surface area (Å²) >= 11 is 0. The molecule has 2 amide bonds. The van der Waals surface area contributed by atoms with Crippen molar-refractivity contribution >= 4 is 17.4 Å². The van der Waals surface area contributed by atoms with E-state index in [1.54, 1.807) is 0 Å². The molecule has 1 aromatic rings. The Morgan fingerprint density at radius 2 is 1.89 bits per heavy atom. The van der Waals surface area contributed by atoms with Gasteiger partial charge in [-0.15, -0.1) is 0 Å². The highest BCUT2D eigenvalue weighted by Gasteiger charge is 2.41. The van der Waals surface area contributed by atoms with Crippen LogP contribution in [0.2, 0.25) is 0 Å². The van der Waals surface area contributed by atoms with Crippen LogP contribution in [0.25, 0.3) is 0 Å². The maximum atomic E-state index is 12.3. The van der Waals surface area contributed by atoms with Crippen molar-refractivity contribution < 1.29 is 4.79 Å². The monoisotopic (exact) mass is 245 g/mol. The quantitative estimate of drug-likeness (QED) is 0.813. The van der Waals surface area contributed by atoms with Gasteiger partial charge in [0.15, 0.2) is 0 Å². The summed E-state index contributed by atoms with van der Waals surface area (Å²) in [5.74, 6) is 0.692. The third-order valence-electron chi connectivity index (χ3n) is 4.30. The second-order valence-corrected chi connectivity index (χ2v) is 5.35. The van der Waals surface area contributed by atoms with Gasteiger partial charge in [0, 0.05) is 25.0 Å². The highest BCUT2D eigenvalue weighted by Crippen LogP contribution is 2.36. The molecule has 0 aromatic heterocycles. The van der Waals surface area contributed by atoms with Gasteiger partial charge in [0.2, 0.25) is 0 Å². The van der Waals surface area contributed by atoms with Crippen LogP contribution in [0.5, 0.6) is 0 Å². The van der Waals surface area contributed by atoms with Crippen molar-refractivity contribution in [1.29, 1.82) is 0 Å². The molecule has 0 radical (unpaired) electrons. The standard InChI is InChI=1S/C14H19N3O/c1-16-13(10-3-2-4-10)9-17(14(16)18)12-7-5-11(15)6-8-12/h5-8,10,13H,2-4,9,15H2,1H3. The Kier molecular flexibility index (Phi) is 2.65. The first-order valence-electron chi connectivity index (χ1n) is 6.56. The maximum absolute atomic E-state index is 12.3. The molecule has 1 unspecified atom stereocenters. The van der Waals surface area contributed by atoms with Crippen molar-refractivity contribution in [2.45, 2.75) is 25.3 Å². The predicted molar refractivity (Wildman–Crippen MR) is 72.5 cm³/mol. The third kappa shape index (κ3) is 1.72. The normalized spacial score (nSPS) is 24.5. The number of anilines is 2. The van der Waals surface area contributed by atoms with Crippen LogP contribution < -0.4 is 10.6 Å². The molecule has 1 atom stereocenters. The van der Waals surface area contributed by atoms with Crippen LogP contribution in [-0.4, -0.2) is 30.6 Å². The topological polar surface area (TPSA) is 49.6 Å². The molecule has 4 heteroatoms. The first kappa shape index (κ1) is 11.4. The van der Waals surface area contributed by atoms with E-state index in [4.69, 9.17) is 5.73 Å². The number of amides is 2. The van der Waals surface area contributed by atoms with Crippen LogP contribution in [0.1, 0.15) is 19.3 Å². The molecule has 1 aromatic carbocycles. The molecular formula is C14H19N3O. The molecule has 3 rings (SSSR count). The van der Waals surface area contributed by atoms with Crippen molar-refractivity contribution in [3.63, 3.8) is 0 Å². The van der Waals surface area contributed by atoms with Crippen LogP contribution in [-0.2, 0) is 0 Å². The van der Waals surface area contributed by atoms with Crippen molar-refractivity contribution in [3.05, 3.63) is 24.3 Å². The van der Waals surface area contributed by atoms with Crippen molar-refractivity contribution in [2.24, 2.45) is 5.92 Å². The highest BCUT2D eigenvalue weighted by atomic mass is 16.2. The van der Waals surface area contributed by atoms with E-state index in [-0.39, 0.29) is 6.03 Å². The molecule has 2 fully saturated rings. The Bertz CT molecular complexity index is 453. The maximum Gasteiger partial charge on any atom is 0.324 e. The molecular weight excluding hydrogens is 226 g/mol. The molecule has 1 saturated heterocycles. The van der Waals surface area contributed by atoms with Crippen LogP contribution in [0.4, 0.5) is 16.2 Å². The lowest BCUT2D eigenvalue weighted by molar-refractivity contribution is 0.164. The Labute approximate surface area is 107 Å². The summed E-state index contributed by atoms with van der Waals surface area (Å²) in [7, 11) is 1.92. The summed E-state index contributed by atoms with van der Waals surface area (Å²) in [6.07, 6.45) is 3.83. The second-order valence-electron chi connectivity index (χ2n) is 5.35. The molecule has 1 heterocycles. The number of nitrogens with zero attached hydrogens (tertiary/aromatic N) is 2. The largest absolute Gasteiger partial charge is 0.399 e. The lowest BCUT2D eigenvalue weighted by Crippen LogP contribution is -2.39. The summed E-state index contributed by atoms with van der Waals surface area (Å²) in [4.78, 5) is 16.0. The van der Waals surface area contributed by atoms with Crippen LogP contribution in [0, 0.1) is 5.92 Å². The number of carbonyl (C=O) groups excluding carboxylic acids is 1. The summed E-state index contributed by atoms with van der Waals surface area (Å²) < 4.78 is 0. The average molecular weight is 245 g/mol. The molecule has 1 aliphatic carbocycles. The van der Waals surface area contributed by atoms with Crippen molar-refractivity contribution in [2.75, 3.05) is 24.2 Å². The first-order chi connectivity index (χ1) is 8.66. The smallest absolute Gasteiger partial charge is 0.324 e. The van der Waals surface area contributed by atoms with Gasteiger partial charge < -0.3 is 10.6 Å². The molecule has 4 nitrogen and oxygen atoms in total. The van der Waals surface area contributed by atoms with Crippen LogP contribution in [0.15, 0.2) is 24.3 Å². The Hall–Kier alpha value is -1.71. The van der Waals surface area contributed by atoms with Crippen molar-refractivity contribution in [1.82, 2.24) is 4.90 Å². The van der Waals surface area contributed by atoms with Gasteiger partial charge >= 0.3 is 6.03 Å². The van der Waals surface area contributed by atoms with E-state index in [1.807, 2.05) is 41.1 Å². The molecule has 18 heavy (non-hydrogen) atoms. The number of benzene rings is 1. The van der Waals surface area contributed by atoms with Gasteiger partial charge in [-0.25, -0.2) is 4.79 Å². The number of likely N-dealkylation sites (N-methyl/N-ethyl adjacent to an activating group) is 1. The summed E-state index contributed by atoms with van der Waals surface area (Å²) in [6.45, 7) is 0.809. The van der Waals surface area contributed by atoms with Gasteiger partial charge in [0.1, 0.15) is 0 Å². The van der Waals surface area contributed by atoms with Gasteiger partial charge in [-0.05, 0) is 43.0 Å². The zero-order valence-electron chi connectivity index (χ0n) is 10.7. The van der Waals surface area contributed by atoms with Gasteiger partial charge in [0.05, 0.1) is 6.04 Å². The molecule has 96 valence electrons. The minimum Gasteiger partial charge on any atom is -0.399 e. The molecule has 1 aliphatic heterocycles. The summed E-state index contributed by atoms with van der Waals surface area (Å²) in [6, 6.07) is 8.02. The van der Waals surface area contributed by atoms with Gasteiger partial charge in [-0.3, -0.25) is 4.90 Å². The first-order valence-corrected chi connectivity index (χ1v) is 6.56. The number of nitrogen functional groups attached to an aromatic ring is 1.